The van der Waals surface area contributed by atoms with Gasteiger partial charge in [0.05, 0.1) is 16.1 Å². The van der Waals surface area contributed by atoms with E-state index in [2.05, 4.69) is 44.4 Å². The highest BCUT2D eigenvalue weighted by Gasteiger charge is 2.40. The van der Waals surface area contributed by atoms with Gasteiger partial charge in [-0.3, -0.25) is 9.59 Å². The van der Waals surface area contributed by atoms with E-state index in [4.69, 9.17) is 27.9 Å². The second kappa shape index (κ2) is 25.1. The summed E-state index contributed by atoms with van der Waals surface area (Å²) in [7, 11) is 0. The summed E-state index contributed by atoms with van der Waals surface area (Å²) in [6.45, 7) is 23.0. The van der Waals surface area contributed by atoms with Crippen molar-refractivity contribution >= 4 is 47.6 Å². The van der Waals surface area contributed by atoms with Crippen molar-refractivity contribution in [3.8, 4) is 0 Å². The van der Waals surface area contributed by atoms with Crippen LogP contribution >= 0.6 is 35.8 Å². The number of hydrogen-bond donors (Lipinski definition) is 2. The lowest BCUT2D eigenvalue weighted by Crippen LogP contribution is -2.51. The first kappa shape index (κ1) is 43.0. The number of halogens is 2. The fraction of sp³-hybridized carbons (Fsp3) is 0.556. The Kier molecular flexibility index (Phi) is 24.0. The number of ether oxygens (including phenoxy) is 1. The van der Waals surface area contributed by atoms with Crippen LogP contribution < -0.4 is 5.32 Å². The van der Waals surface area contributed by atoms with Crippen LogP contribution in [0.3, 0.4) is 0 Å². The maximum absolute atomic E-state index is 12.7. The molecule has 2 unspecified atom stereocenters. The molecule has 2 amide bonds. The highest BCUT2D eigenvalue weighted by Crippen LogP contribution is 2.33. The van der Waals surface area contributed by atoms with Crippen molar-refractivity contribution in [2.75, 3.05) is 39.3 Å². The first-order chi connectivity index (χ1) is 21.6. The molecular weight excluding hydrogens is 625 g/mol. The Morgan fingerprint density at radius 3 is 1.80 bits per heavy atom. The van der Waals surface area contributed by atoms with Crippen LogP contribution in [0.5, 0.6) is 0 Å². The number of rotatable bonds is 4. The predicted octanol–water partition coefficient (Wildman–Crippen LogP) is 8.88. The van der Waals surface area contributed by atoms with Crippen molar-refractivity contribution in [1.82, 2.24) is 15.1 Å². The summed E-state index contributed by atoms with van der Waals surface area (Å²) in [6, 6.07) is 13.7. The molecule has 2 heterocycles. The second-order valence-electron chi connectivity index (χ2n) is 10.5. The third-order valence-electron chi connectivity index (χ3n) is 6.93. The summed E-state index contributed by atoms with van der Waals surface area (Å²) in [5, 5.41) is 6.12. The average Bonchev–Trinajstić information content (AvgIpc) is 3.68. The van der Waals surface area contributed by atoms with Crippen LogP contribution in [0.2, 0.25) is 10.0 Å². The zero-order chi connectivity index (χ0) is 34.4. The van der Waals surface area contributed by atoms with E-state index in [1.165, 1.54) is 18.2 Å². The van der Waals surface area contributed by atoms with E-state index < -0.39 is 0 Å². The van der Waals surface area contributed by atoms with Gasteiger partial charge in [0.2, 0.25) is 5.91 Å². The number of piperazine rings is 1. The van der Waals surface area contributed by atoms with Crippen LogP contribution in [-0.2, 0) is 9.53 Å². The van der Waals surface area contributed by atoms with E-state index >= 15 is 0 Å². The third-order valence-corrected chi connectivity index (χ3v) is 7.69. The average molecular weight is 683 g/mol. The van der Waals surface area contributed by atoms with Gasteiger partial charge in [0.25, 0.3) is 5.91 Å². The first-order valence-electron chi connectivity index (χ1n) is 16.3. The third kappa shape index (κ3) is 15.9. The number of amides is 2. The van der Waals surface area contributed by atoms with Crippen LogP contribution in [-0.4, -0.2) is 73.1 Å². The van der Waals surface area contributed by atoms with Gasteiger partial charge < -0.3 is 19.9 Å². The molecule has 6 nitrogen and oxygen atoms in total. The van der Waals surface area contributed by atoms with E-state index in [0.29, 0.717) is 48.2 Å². The van der Waals surface area contributed by atoms with Gasteiger partial charge in [-0.1, -0.05) is 107 Å². The Hall–Kier alpha value is -2.03. The maximum Gasteiger partial charge on any atom is 0.253 e. The lowest BCUT2D eigenvalue weighted by atomic mass is 10.1. The van der Waals surface area contributed by atoms with Crippen molar-refractivity contribution in [3.05, 3.63) is 81.2 Å². The number of piperidine rings is 1. The van der Waals surface area contributed by atoms with Gasteiger partial charge in [-0.15, -0.1) is 0 Å². The monoisotopic (exact) mass is 681 g/mol. The van der Waals surface area contributed by atoms with E-state index in [1.54, 1.807) is 12.1 Å². The van der Waals surface area contributed by atoms with Crippen LogP contribution in [0.4, 0.5) is 0 Å². The molecule has 3 fully saturated rings. The second-order valence-corrected chi connectivity index (χ2v) is 11.7. The first-order valence-corrected chi connectivity index (χ1v) is 17.6. The van der Waals surface area contributed by atoms with Gasteiger partial charge in [-0.25, -0.2) is 0 Å². The number of carbonyl (C=O) groups excluding carboxylic acids is 2. The van der Waals surface area contributed by atoms with Gasteiger partial charge in [0.15, 0.2) is 0 Å². The molecule has 1 saturated carbocycles. The summed E-state index contributed by atoms with van der Waals surface area (Å²) in [5.74, 6) is 0.666. The molecule has 2 aromatic carbocycles. The molecule has 1 aliphatic carbocycles. The highest BCUT2D eigenvalue weighted by molar-refractivity contribution is 7.83. The van der Waals surface area contributed by atoms with Gasteiger partial charge in [-0.05, 0) is 62.3 Å². The summed E-state index contributed by atoms with van der Waals surface area (Å²) >= 11 is 14.7. The predicted molar refractivity (Wildman–Crippen MR) is 197 cm³/mol. The van der Waals surface area contributed by atoms with Crippen LogP contribution in [0.25, 0.3) is 0 Å². The SMILES string of the molecule is C=CS.CC.CC.CCC.Cc1cc(C)cc(C(=O)N2CCN(C(=O)COC3CC4C[C@H]3CN4)CC2)c1.Clc1ccccc1Cl. The number of carbonyl (C=O) groups is 2. The molecule has 2 aliphatic heterocycles. The number of hydrogen-bond acceptors (Lipinski definition) is 5. The lowest BCUT2D eigenvalue weighted by molar-refractivity contribution is -0.140. The lowest BCUT2D eigenvalue weighted by Gasteiger charge is -2.35. The molecule has 0 radical (unpaired) electrons. The quantitative estimate of drug-likeness (QED) is 0.317. The zero-order valence-corrected chi connectivity index (χ0v) is 31.2. The summed E-state index contributed by atoms with van der Waals surface area (Å²) in [5.41, 5.74) is 2.93. The fourth-order valence-electron chi connectivity index (χ4n) is 5.14. The van der Waals surface area contributed by atoms with Crippen molar-refractivity contribution in [2.45, 2.75) is 86.8 Å². The minimum absolute atomic E-state index is 0.0456. The summed E-state index contributed by atoms with van der Waals surface area (Å²) < 4.78 is 5.91. The molecule has 0 spiro atoms. The minimum Gasteiger partial charge on any atom is -0.368 e. The molecule has 0 aromatic heterocycles. The zero-order valence-electron chi connectivity index (χ0n) is 28.7. The highest BCUT2D eigenvalue weighted by atomic mass is 35.5. The molecular formula is C36H57Cl2N3O3S. The number of aryl methyl sites for hydroxylation is 2. The molecule has 254 valence electrons. The smallest absolute Gasteiger partial charge is 0.253 e. The molecule has 2 saturated heterocycles. The topological polar surface area (TPSA) is 61.9 Å². The Bertz CT molecular complexity index is 1090. The van der Waals surface area contributed by atoms with Crippen molar-refractivity contribution < 1.29 is 14.3 Å². The molecule has 3 atom stereocenters. The van der Waals surface area contributed by atoms with E-state index in [9.17, 15) is 9.59 Å². The largest absolute Gasteiger partial charge is 0.368 e. The Morgan fingerprint density at radius 2 is 1.40 bits per heavy atom. The van der Waals surface area contributed by atoms with Crippen LogP contribution in [0, 0.1) is 19.8 Å². The number of nitrogens with one attached hydrogen (secondary N) is 1. The van der Waals surface area contributed by atoms with Crippen molar-refractivity contribution in [1.29, 1.82) is 0 Å². The minimum atomic E-state index is 0.0456. The number of benzene rings is 2. The van der Waals surface area contributed by atoms with E-state index in [1.807, 2.05) is 75.6 Å². The van der Waals surface area contributed by atoms with E-state index in [0.717, 1.165) is 29.7 Å². The summed E-state index contributed by atoms with van der Waals surface area (Å²) in [6.07, 6.45) is 3.68. The van der Waals surface area contributed by atoms with Crippen molar-refractivity contribution in [2.24, 2.45) is 5.92 Å². The molecule has 2 bridgehead atoms. The molecule has 2 aromatic rings. The van der Waals surface area contributed by atoms with E-state index in [-0.39, 0.29) is 24.5 Å². The molecule has 9 heteroatoms. The number of nitrogens with zero attached hydrogens (tertiary/aromatic N) is 2. The fourth-order valence-corrected chi connectivity index (χ4v) is 5.41. The molecule has 3 aliphatic rings. The molecule has 5 rings (SSSR count). The Balaban J connectivity index is 0.000000891. The van der Waals surface area contributed by atoms with Gasteiger partial charge >= 0.3 is 0 Å². The van der Waals surface area contributed by atoms with Gasteiger partial charge in [-0.2, -0.15) is 12.6 Å². The maximum atomic E-state index is 12.7. The standard InChI is InChI=1S/C21H29N3O3.C6H4Cl2.C3H8.C2H4S.2C2H6/c1-14-7-15(2)9-16(8-14)21(26)24-5-3-23(4-6-24)20(25)13-27-19-11-18-10-17(19)12-22-18;7-5-3-1-2-4-6(5)8;1-3-2;1-2-3;2*1-2/h7-9,17-19,22H,3-6,10-13H2,1-2H3;1-4H;3H2,1-2H3;2-3H,1H2;2*1-2H3/t17-,18?,19?;;;;;/m0...../s1. The number of thiol groups is 1. The molecule has 45 heavy (non-hydrogen) atoms. The summed E-state index contributed by atoms with van der Waals surface area (Å²) in [4.78, 5) is 28.9. The van der Waals surface area contributed by atoms with Crippen molar-refractivity contribution in [3.63, 3.8) is 0 Å². The Labute approximate surface area is 289 Å². The number of fused-ring (bicyclic) bond motifs is 2. The van der Waals surface area contributed by atoms with Gasteiger partial charge in [0.1, 0.15) is 6.61 Å². The van der Waals surface area contributed by atoms with Crippen LogP contribution in [0.1, 0.15) is 82.3 Å². The molecule has 1 N–H and O–H groups in total. The Morgan fingerprint density at radius 1 is 0.933 bits per heavy atom. The van der Waals surface area contributed by atoms with Gasteiger partial charge in [0, 0.05) is 44.3 Å². The van der Waals surface area contributed by atoms with Crippen LogP contribution in [0.15, 0.2) is 54.5 Å². The normalized spacial score (nSPS) is 19.0.